The van der Waals surface area contributed by atoms with Crippen LogP contribution >= 0.6 is 15.2 Å². The summed E-state index contributed by atoms with van der Waals surface area (Å²) in [6, 6.07) is 25.5. The molecule has 4 saturated heterocycles. The van der Waals surface area contributed by atoms with Crippen molar-refractivity contribution in [1.82, 2.24) is 71.4 Å². The van der Waals surface area contributed by atoms with Gasteiger partial charge in [0.2, 0.25) is 47.3 Å². The van der Waals surface area contributed by atoms with Gasteiger partial charge >= 0.3 is 27.3 Å². The summed E-state index contributed by atoms with van der Waals surface area (Å²) in [6.07, 6.45) is 6.46. The van der Waals surface area contributed by atoms with Crippen molar-refractivity contribution in [3.63, 3.8) is 0 Å². The van der Waals surface area contributed by atoms with Crippen molar-refractivity contribution in [2.24, 2.45) is 0 Å². The molecule has 4 aliphatic heterocycles. The SMILES string of the molecule is CN(C)[C@@H](Cc1ccc(OCP(=O)(O)O)cc1)C(=O)N[C@H]1CCCC2CC[C@@H](C(=O)N[C@@H](Cc3cnc[nH]3)C(=O)NCc3ccccc3)N2C1=O.CN(C)[C@@H](Cc1ccc(OCP(=O)(O)O)cc1)C(=O)N[C@H]1CCCC2CC[C@@H](C(=O)N[C@@H](Cc3cnc[nH]3)C(=O)NCc3ccccc3)N2C1=O.O=C(O)C(F)(F)F. The molecular formula is C72H93F3N14O18P2. The van der Waals surface area contributed by atoms with Gasteiger partial charge < -0.3 is 85.8 Å². The summed E-state index contributed by atoms with van der Waals surface area (Å²) in [7, 11) is -1.58. The molecule has 0 aliphatic carbocycles. The fourth-order valence-corrected chi connectivity index (χ4v) is 13.9. The summed E-state index contributed by atoms with van der Waals surface area (Å²) >= 11 is 0. The van der Waals surface area contributed by atoms with Crippen molar-refractivity contribution in [2.45, 2.75) is 170 Å². The summed E-state index contributed by atoms with van der Waals surface area (Å²) in [5.41, 5.74) is 4.75. The number of fused-ring (bicyclic) bond motifs is 2. The molecule has 109 heavy (non-hydrogen) atoms. The molecule has 4 aliphatic rings. The second-order valence-electron chi connectivity index (χ2n) is 27.4. The molecule has 2 aromatic heterocycles. The van der Waals surface area contributed by atoms with E-state index in [4.69, 9.17) is 38.9 Å². The molecule has 4 aromatic carbocycles. The lowest BCUT2D eigenvalue weighted by molar-refractivity contribution is -0.192. The van der Waals surface area contributed by atoms with Crippen LogP contribution in [0.3, 0.4) is 0 Å². The van der Waals surface area contributed by atoms with Crippen molar-refractivity contribution < 1.29 is 99.6 Å². The van der Waals surface area contributed by atoms with Crippen molar-refractivity contribution >= 4 is 68.4 Å². The van der Waals surface area contributed by atoms with Crippen LogP contribution in [-0.4, -0.2) is 225 Å². The molecule has 6 heterocycles. The number of halogens is 3. The number of rotatable bonds is 30. The average molecular weight is 1560 g/mol. The number of alkyl halides is 3. The van der Waals surface area contributed by atoms with Gasteiger partial charge in [-0.05, 0) is 152 Å². The van der Waals surface area contributed by atoms with Gasteiger partial charge in [-0.1, -0.05) is 84.9 Å². The zero-order valence-electron chi connectivity index (χ0n) is 60.5. The molecule has 13 N–H and O–H groups in total. The maximum atomic E-state index is 14.1. The van der Waals surface area contributed by atoms with Gasteiger partial charge in [-0.15, -0.1) is 0 Å². The standard InChI is InChI=1S/2C35H46N7O8P.C2HF3O2/c2*1-41(2)31(17-23-11-14-27(15-12-23)50-22-51(47,48)49)34(45)39-28-10-6-9-26-13-16-30(42(26)35(28)46)33(44)40-29(18-25-20-36-21-38-25)32(43)37-19-24-7-4-3-5-8-24;3-2(4,5)1(6)7/h2*3-5,7-8,11-12,14-15,20-21,26,28-31H,6,9-10,13,16-19,22H2,1-2H3,(H,36,38)(H,37,43)(H,39,45)(H,40,44)(H2,47,48,49);(H,6,7)/t2*26?,28-,29-,30-,31-;/m00./s1. The second-order valence-corrected chi connectivity index (χ2v) is 30.6. The predicted octanol–water partition coefficient (Wildman–Crippen LogP) is 3.57. The number of aromatic nitrogens is 4. The Morgan fingerprint density at radius 3 is 1.19 bits per heavy atom. The predicted molar refractivity (Wildman–Crippen MR) is 388 cm³/mol. The normalized spacial score (nSPS) is 19.6. The van der Waals surface area contributed by atoms with Crippen LogP contribution in [0.4, 0.5) is 13.2 Å². The van der Waals surface area contributed by atoms with Crippen LogP contribution in [0.15, 0.2) is 134 Å². The molecule has 10 rings (SSSR count). The number of amides is 8. The second kappa shape index (κ2) is 39.5. The Hall–Kier alpha value is -9.86. The van der Waals surface area contributed by atoms with E-state index in [9.17, 15) is 60.7 Å². The van der Waals surface area contributed by atoms with E-state index < -0.39 is 100 Å². The smallest absolute Gasteiger partial charge is 0.481 e. The highest BCUT2D eigenvalue weighted by atomic mass is 31.2. The van der Waals surface area contributed by atoms with Crippen LogP contribution in [0.25, 0.3) is 0 Å². The van der Waals surface area contributed by atoms with Crippen molar-refractivity contribution in [3.8, 4) is 11.5 Å². The van der Waals surface area contributed by atoms with E-state index in [1.165, 1.54) is 12.7 Å². The topological polar surface area (TPSA) is 450 Å². The quantitative estimate of drug-likeness (QED) is 0.0287. The molecule has 4 fully saturated rings. The van der Waals surface area contributed by atoms with Crippen LogP contribution in [0, 0.1) is 0 Å². The number of H-pyrrole nitrogens is 2. The summed E-state index contributed by atoms with van der Waals surface area (Å²) in [4.78, 5) is 176. The van der Waals surface area contributed by atoms with Gasteiger partial charge in [-0.3, -0.25) is 57.3 Å². The van der Waals surface area contributed by atoms with E-state index in [0.29, 0.717) is 102 Å². The van der Waals surface area contributed by atoms with Gasteiger partial charge in [-0.25, -0.2) is 14.8 Å². The molecule has 8 amide bonds. The number of nitrogens with zero attached hydrogens (tertiary/aromatic N) is 6. The Balaban J connectivity index is 0.000000252. The first kappa shape index (κ1) is 84.8. The third-order valence-electron chi connectivity index (χ3n) is 18.8. The number of imidazole rings is 2. The monoisotopic (exact) mass is 1560 g/mol. The van der Waals surface area contributed by atoms with Crippen molar-refractivity contribution in [2.75, 3.05) is 40.9 Å². The number of carbonyl (C=O) groups excluding carboxylic acids is 8. The Kier molecular flexibility index (Phi) is 30.7. The van der Waals surface area contributed by atoms with Crippen molar-refractivity contribution in [3.05, 3.63) is 168 Å². The molecule has 0 radical (unpaired) electrons. The number of benzene rings is 4. The summed E-state index contributed by atoms with van der Waals surface area (Å²) < 4.78 is 64.3. The zero-order chi connectivity index (χ0) is 79.2. The molecule has 6 aromatic rings. The van der Waals surface area contributed by atoms with E-state index >= 15 is 0 Å². The molecule has 0 bridgehead atoms. The van der Waals surface area contributed by atoms with E-state index in [1.807, 2.05) is 60.7 Å². The minimum Gasteiger partial charge on any atom is -0.481 e. The number of aliphatic carboxylic acids is 1. The van der Waals surface area contributed by atoms with Crippen molar-refractivity contribution in [1.29, 1.82) is 0 Å². The highest BCUT2D eigenvalue weighted by Crippen LogP contribution is 2.37. The zero-order valence-corrected chi connectivity index (χ0v) is 62.2. The first-order chi connectivity index (χ1) is 51.7. The van der Waals surface area contributed by atoms with E-state index in [-0.39, 0.29) is 71.9 Å². The number of carboxylic acids is 1. The number of hydrogen-bond donors (Lipinski definition) is 13. The van der Waals surface area contributed by atoms with Gasteiger partial charge in [0, 0.05) is 61.8 Å². The number of nitrogens with one attached hydrogen (secondary N) is 8. The molecule has 10 atom stereocenters. The van der Waals surface area contributed by atoms with Gasteiger partial charge in [-0.2, -0.15) is 13.2 Å². The number of carbonyl (C=O) groups is 9. The third-order valence-corrected chi connectivity index (χ3v) is 19.8. The third kappa shape index (κ3) is 26.2. The minimum absolute atomic E-state index is 0.149. The van der Waals surface area contributed by atoms with E-state index in [2.05, 4.69) is 51.8 Å². The number of likely N-dealkylation sites (N-methyl/N-ethyl adjacent to an activating group) is 2. The number of carboxylic acid groups (broad SMARTS) is 1. The maximum absolute atomic E-state index is 14.1. The first-order valence-electron chi connectivity index (χ1n) is 35.3. The fourth-order valence-electron chi connectivity index (χ4n) is 13.3. The van der Waals surface area contributed by atoms with Crippen LogP contribution in [0.1, 0.15) is 97.8 Å². The Labute approximate surface area is 626 Å². The number of ether oxygens (including phenoxy) is 2. The molecule has 37 heteroatoms. The summed E-state index contributed by atoms with van der Waals surface area (Å²) in [5.74, 6) is -5.05. The molecule has 590 valence electrons. The van der Waals surface area contributed by atoms with E-state index in [0.717, 1.165) is 22.3 Å². The Bertz CT molecular complexity index is 3860. The van der Waals surface area contributed by atoms with Crippen LogP contribution in [0.2, 0.25) is 0 Å². The molecule has 2 unspecified atom stereocenters. The largest absolute Gasteiger partial charge is 0.490 e. The lowest BCUT2D eigenvalue weighted by Gasteiger charge is -2.32. The van der Waals surface area contributed by atoms with E-state index in [1.54, 1.807) is 109 Å². The summed E-state index contributed by atoms with van der Waals surface area (Å²) in [5, 5.41) is 24.7. The summed E-state index contributed by atoms with van der Waals surface area (Å²) in [6.45, 7) is 0.582. The first-order valence-corrected chi connectivity index (χ1v) is 38.9. The molecule has 0 spiro atoms. The minimum atomic E-state index is -5.08. The van der Waals surface area contributed by atoms with Crippen LogP contribution < -0.4 is 41.4 Å². The molecule has 0 saturated carbocycles. The lowest BCUT2D eigenvalue weighted by atomic mass is 10.0. The Morgan fingerprint density at radius 2 is 0.881 bits per heavy atom. The maximum Gasteiger partial charge on any atom is 0.490 e. The van der Waals surface area contributed by atoms with Gasteiger partial charge in [0.1, 0.15) is 47.8 Å². The van der Waals surface area contributed by atoms with Crippen LogP contribution in [0.5, 0.6) is 11.5 Å². The lowest BCUT2D eigenvalue weighted by Crippen LogP contribution is -2.58. The molecule has 32 nitrogen and oxygen atoms in total. The van der Waals surface area contributed by atoms with Gasteiger partial charge in [0.25, 0.3) is 0 Å². The number of hydrogen-bond acceptors (Lipinski definition) is 17. The fraction of sp³-hybridized carbons (Fsp3) is 0.458. The highest BCUT2D eigenvalue weighted by Gasteiger charge is 2.48. The molecular weight excluding hydrogens is 1470 g/mol. The van der Waals surface area contributed by atoms with Gasteiger partial charge in [0.05, 0.1) is 24.7 Å². The number of aromatic amines is 2. The van der Waals surface area contributed by atoms with Crippen LogP contribution in [-0.2, 0) is 91.1 Å². The average Bonchev–Trinajstić information content (AvgIpc) is 1.65. The Morgan fingerprint density at radius 1 is 0.523 bits per heavy atom. The highest BCUT2D eigenvalue weighted by molar-refractivity contribution is 7.51. The van der Waals surface area contributed by atoms with Gasteiger partial charge in [0.15, 0.2) is 12.7 Å².